The minimum atomic E-state index is -1.11. The molecule has 0 radical (unpaired) electrons. The van der Waals surface area contributed by atoms with E-state index in [2.05, 4.69) is 15.0 Å². The number of fused-ring (bicyclic) bond motifs is 1. The van der Waals surface area contributed by atoms with Crippen LogP contribution in [0.2, 0.25) is 0 Å². The first-order valence-electron chi connectivity index (χ1n) is 3.91. The van der Waals surface area contributed by atoms with Crippen LogP contribution in [0.4, 0.5) is 0 Å². The topological polar surface area (TPSA) is 98.8 Å². The third-order valence-corrected chi connectivity index (χ3v) is 1.85. The smallest absolute Gasteiger partial charge is 0.352 e. The van der Waals surface area contributed by atoms with E-state index in [0.29, 0.717) is 11.5 Å². The Morgan fingerprint density at radius 3 is 2.86 bits per heavy atom. The van der Waals surface area contributed by atoms with Crippen molar-refractivity contribution in [3.63, 3.8) is 0 Å². The Balaban J connectivity index is 2.83. The third kappa shape index (κ3) is 1.17. The summed E-state index contributed by atoms with van der Waals surface area (Å²) >= 11 is 0. The second-order valence-electron chi connectivity index (χ2n) is 2.90. The Bertz CT molecular complexity index is 567. The number of carbonyl (C=O) groups is 1. The highest BCUT2D eigenvalue weighted by Crippen LogP contribution is 2.08. The first-order valence-corrected chi connectivity index (χ1v) is 3.91. The molecule has 6 heteroatoms. The fraction of sp³-hybridized carbons (Fsp3) is 0.125. The van der Waals surface area contributed by atoms with E-state index < -0.39 is 5.97 Å². The number of H-pyrrole nitrogens is 2. The van der Waals surface area contributed by atoms with Crippen LogP contribution in [0.3, 0.4) is 0 Å². The van der Waals surface area contributed by atoms with Crippen molar-refractivity contribution in [3.05, 3.63) is 27.9 Å². The molecule has 0 aromatic carbocycles. The quantitative estimate of drug-likeness (QED) is 0.604. The minimum Gasteiger partial charge on any atom is -0.477 e. The van der Waals surface area contributed by atoms with Crippen LogP contribution >= 0.6 is 0 Å². The predicted octanol–water partition coefficient (Wildman–Crippen LogP) is 0.258. The van der Waals surface area contributed by atoms with Gasteiger partial charge in [0.15, 0.2) is 0 Å². The van der Waals surface area contributed by atoms with Gasteiger partial charge in [0, 0.05) is 0 Å². The average Bonchev–Trinajstić information content (AvgIpc) is 2.47. The molecule has 0 fully saturated rings. The van der Waals surface area contributed by atoms with E-state index in [0.717, 1.165) is 0 Å². The molecule has 0 amide bonds. The van der Waals surface area contributed by atoms with Crippen molar-refractivity contribution in [1.82, 2.24) is 15.0 Å². The van der Waals surface area contributed by atoms with Crippen LogP contribution < -0.4 is 5.56 Å². The number of aromatic amines is 2. The number of nitrogens with one attached hydrogen (secondary N) is 2. The molecule has 0 aliphatic heterocycles. The van der Waals surface area contributed by atoms with Crippen LogP contribution in [-0.4, -0.2) is 26.0 Å². The van der Waals surface area contributed by atoms with Gasteiger partial charge in [0.05, 0.1) is 5.39 Å². The summed E-state index contributed by atoms with van der Waals surface area (Å²) in [5.74, 6) is -0.665. The second kappa shape index (κ2) is 2.69. The van der Waals surface area contributed by atoms with Gasteiger partial charge in [-0.15, -0.1) is 0 Å². The third-order valence-electron chi connectivity index (χ3n) is 1.85. The molecular formula is C8H7N3O3. The summed E-state index contributed by atoms with van der Waals surface area (Å²) in [5.41, 5.74) is -0.0801. The molecule has 0 spiro atoms. The number of aryl methyl sites for hydroxylation is 1. The molecule has 2 rings (SSSR count). The van der Waals surface area contributed by atoms with Crippen molar-refractivity contribution in [2.24, 2.45) is 0 Å². The largest absolute Gasteiger partial charge is 0.477 e. The van der Waals surface area contributed by atoms with Crippen molar-refractivity contribution in [3.8, 4) is 0 Å². The van der Waals surface area contributed by atoms with Gasteiger partial charge in [-0.2, -0.15) is 0 Å². The zero-order valence-electron chi connectivity index (χ0n) is 7.29. The Labute approximate surface area is 77.6 Å². The van der Waals surface area contributed by atoms with Crippen molar-refractivity contribution in [2.45, 2.75) is 6.92 Å². The zero-order valence-corrected chi connectivity index (χ0v) is 7.29. The van der Waals surface area contributed by atoms with Crippen molar-refractivity contribution in [2.75, 3.05) is 0 Å². The van der Waals surface area contributed by atoms with Crippen molar-refractivity contribution in [1.29, 1.82) is 0 Å². The minimum absolute atomic E-state index is 0.0383. The number of hydrogen-bond acceptors (Lipinski definition) is 3. The molecule has 72 valence electrons. The second-order valence-corrected chi connectivity index (χ2v) is 2.90. The molecule has 2 aromatic rings. The summed E-state index contributed by atoms with van der Waals surface area (Å²) < 4.78 is 0. The van der Waals surface area contributed by atoms with E-state index in [1.807, 2.05) is 0 Å². The highest BCUT2D eigenvalue weighted by molar-refractivity contribution is 5.92. The van der Waals surface area contributed by atoms with Gasteiger partial charge in [-0.3, -0.25) is 4.79 Å². The SMILES string of the molecule is Cc1nc2[nH]c(C(=O)O)cc2c(=O)[nH]1. The zero-order chi connectivity index (χ0) is 10.3. The summed E-state index contributed by atoms with van der Waals surface area (Å²) in [7, 11) is 0. The molecule has 0 atom stereocenters. The first kappa shape index (κ1) is 8.49. The number of hydrogen-bond donors (Lipinski definition) is 3. The van der Waals surface area contributed by atoms with Gasteiger partial charge < -0.3 is 15.1 Å². The average molecular weight is 193 g/mol. The number of aromatic nitrogens is 3. The highest BCUT2D eigenvalue weighted by atomic mass is 16.4. The molecule has 2 aromatic heterocycles. The molecule has 0 aliphatic carbocycles. The van der Waals surface area contributed by atoms with E-state index in [4.69, 9.17) is 5.11 Å². The maximum atomic E-state index is 11.3. The van der Waals surface area contributed by atoms with Gasteiger partial charge in [-0.1, -0.05) is 0 Å². The van der Waals surface area contributed by atoms with Gasteiger partial charge in [0.1, 0.15) is 17.2 Å². The Morgan fingerprint density at radius 1 is 1.50 bits per heavy atom. The number of carboxylic acids is 1. The molecule has 14 heavy (non-hydrogen) atoms. The fourth-order valence-corrected chi connectivity index (χ4v) is 1.25. The van der Waals surface area contributed by atoms with Crippen LogP contribution in [0.5, 0.6) is 0 Å². The molecule has 0 unspecified atom stereocenters. The summed E-state index contributed by atoms with van der Waals surface area (Å²) in [4.78, 5) is 30.9. The monoisotopic (exact) mass is 193 g/mol. The van der Waals surface area contributed by atoms with Gasteiger partial charge in [-0.05, 0) is 13.0 Å². The lowest BCUT2D eigenvalue weighted by molar-refractivity contribution is 0.0691. The summed E-state index contributed by atoms with van der Waals surface area (Å²) in [6, 6.07) is 1.27. The predicted molar refractivity (Wildman–Crippen MR) is 48.4 cm³/mol. The fourth-order valence-electron chi connectivity index (χ4n) is 1.25. The van der Waals surface area contributed by atoms with Gasteiger partial charge >= 0.3 is 5.97 Å². The molecular weight excluding hydrogens is 186 g/mol. The lowest BCUT2D eigenvalue weighted by Gasteiger charge is -1.90. The molecule has 0 bridgehead atoms. The standard InChI is InChI=1S/C8H7N3O3/c1-3-9-6-4(7(12)10-3)2-5(11-6)8(13)14/h2H,1H3,(H,13,14)(H2,9,10,11,12). The van der Waals surface area contributed by atoms with E-state index in [1.54, 1.807) is 6.92 Å². The van der Waals surface area contributed by atoms with E-state index in [1.165, 1.54) is 6.07 Å². The molecule has 6 nitrogen and oxygen atoms in total. The Kier molecular flexibility index (Phi) is 1.63. The van der Waals surface area contributed by atoms with Crippen LogP contribution in [0, 0.1) is 6.92 Å². The lowest BCUT2D eigenvalue weighted by Crippen LogP contribution is -2.08. The van der Waals surface area contributed by atoms with Crippen molar-refractivity contribution < 1.29 is 9.90 Å². The highest BCUT2D eigenvalue weighted by Gasteiger charge is 2.10. The van der Waals surface area contributed by atoms with Crippen LogP contribution in [0.25, 0.3) is 11.0 Å². The summed E-state index contributed by atoms with van der Waals surface area (Å²) in [6.07, 6.45) is 0. The molecule has 2 heterocycles. The van der Waals surface area contributed by atoms with Gasteiger partial charge in [0.2, 0.25) is 0 Å². The number of rotatable bonds is 1. The summed E-state index contributed by atoms with van der Waals surface area (Å²) in [6.45, 7) is 1.63. The van der Waals surface area contributed by atoms with E-state index >= 15 is 0 Å². The molecule has 0 saturated heterocycles. The van der Waals surface area contributed by atoms with Crippen LogP contribution in [0.1, 0.15) is 16.3 Å². The van der Waals surface area contributed by atoms with Crippen LogP contribution in [0.15, 0.2) is 10.9 Å². The van der Waals surface area contributed by atoms with Crippen molar-refractivity contribution >= 4 is 17.0 Å². The van der Waals surface area contributed by atoms with Gasteiger partial charge in [0.25, 0.3) is 5.56 Å². The maximum absolute atomic E-state index is 11.3. The van der Waals surface area contributed by atoms with Gasteiger partial charge in [-0.25, -0.2) is 9.78 Å². The molecule has 0 aliphatic rings. The number of nitrogens with zero attached hydrogens (tertiary/aromatic N) is 1. The number of carboxylic acid groups (broad SMARTS) is 1. The Morgan fingerprint density at radius 2 is 2.21 bits per heavy atom. The van der Waals surface area contributed by atoms with Crippen LogP contribution in [-0.2, 0) is 0 Å². The lowest BCUT2D eigenvalue weighted by atomic mass is 10.3. The molecule has 0 saturated carbocycles. The molecule has 3 N–H and O–H groups in total. The Hall–Kier alpha value is -2.11. The van der Waals surface area contributed by atoms with E-state index in [-0.39, 0.29) is 16.6 Å². The number of aromatic carboxylic acids is 1. The maximum Gasteiger partial charge on any atom is 0.352 e. The summed E-state index contributed by atoms with van der Waals surface area (Å²) in [5, 5.41) is 8.93. The first-order chi connectivity index (χ1) is 6.58. The van der Waals surface area contributed by atoms with E-state index in [9.17, 15) is 9.59 Å². The normalized spacial score (nSPS) is 10.6.